The molecule has 1 amide bonds. The lowest BCUT2D eigenvalue weighted by Crippen LogP contribution is -2.48. The first-order valence-electron chi connectivity index (χ1n) is 9.29. The van der Waals surface area contributed by atoms with Gasteiger partial charge < -0.3 is 9.47 Å². The molecule has 0 aliphatic carbocycles. The third-order valence-corrected chi connectivity index (χ3v) is 5.02. The maximum Gasteiger partial charge on any atom is 0.294 e. The van der Waals surface area contributed by atoms with Crippen LogP contribution in [0.15, 0.2) is 61.4 Å². The molecule has 148 valence electrons. The summed E-state index contributed by atoms with van der Waals surface area (Å²) in [4.78, 5) is 35.9. The van der Waals surface area contributed by atoms with Crippen LogP contribution >= 0.6 is 0 Å². The Morgan fingerprint density at radius 1 is 1.03 bits per heavy atom. The Morgan fingerprint density at radius 3 is 2.45 bits per heavy atom. The van der Waals surface area contributed by atoms with E-state index in [1.807, 2.05) is 12.1 Å². The van der Waals surface area contributed by atoms with E-state index in [0.29, 0.717) is 24.3 Å². The number of hydrogen-bond donors (Lipinski definition) is 0. The third-order valence-electron chi connectivity index (χ3n) is 5.02. The molecule has 2 aromatic heterocycles. The molecule has 1 saturated heterocycles. The number of aromatic nitrogens is 3. The van der Waals surface area contributed by atoms with Crippen molar-refractivity contribution in [2.75, 3.05) is 26.2 Å². The average Bonchev–Trinajstić information content (AvgIpc) is 3.29. The van der Waals surface area contributed by atoms with Gasteiger partial charge in [0.15, 0.2) is 0 Å². The molecule has 0 spiro atoms. The normalized spacial score (nSPS) is 14.7. The molecule has 4 rings (SSSR count). The van der Waals surface area contributed by atoms with Crippen molar-refractivity contribution in [2.24, 2.45) is 0 Å². The number of rotatable bonds is 5. The average molecular weight is 392 g/mol. The SMILES string of the molecule is O=C(c1ccc(-n2ccnc2)c([N+](=O)[O-])c1)N1CCN(Cc2ccncc2)CC1. The Hall–Kier alpha value is -3.59. The summed E-state index contributed by atoms with van der Waals surface area (Å²) >= 11 is 0. The number of carbonyl (C=O) groups excluding carboxylic acids is 1. The monoisotopic (exact) mass is 392 g/mol. The number of benzene rings is 1. The standard InChI is InChI=1S/C20H20N6O3/c27-20(24-11-9-23(10-12-24)14-16-3-5-21-6-4-16)17-1-2-18(19(13-17)26(28)29)25-8-7-22-15-25/h1-8,13,15H,9-12,14H2. The van der Waals surface area contributed by atoms with Gasteiger partial charge in [-0.05, 0) is 29.8 Å². The molecule has 9 heteroatoms. The van der Waals surface area contributed by atoms with Crippen LogP contribution in [0.3, 0.4) is 0 Å². The van der Waals surface area contributed by atoms with E-state index in [0.717, 1.165) is 19.6 Å². The molecule has 3 heterocycles. The summed E-state index contributed by atoms with van der Waals surface area (Å²) in [6, 6.07) is 8.54. The van der Waals surface area contributed by atoms with Crippen LogP contribution in [-0.4, -0.2) is 61.3 Å². The van der Waals surface area contributed by atoms with E-state index in [9.17, 15) is 14.9 Å². The van der Waals surface area contributed by atoms with Crippen molar-refractivity contribution in [1.29, 1.82) is 0 Å². The quantitative estimate of drug-likeness (QED) is 0.487. The maximum atomic E-state index is 12.9. The highest BCUT2D eigenvalue weighted by Gasteiger charge is 2.25. The summed E-state index contributed by atoms with van der Waals surface area (Å²) in [6.07, 6.45) is 8.22. The van der Waals surface area contributed by atoms with Gasteiger partial charge in [0.2, 0.25) is 0 Å². The second-order valence-electron chi connectivity index (χ2n) is 6.85. The van der Waals surface area contributed by atoms with Crippen molar-refractivity contribution in [3.63, 3.8) is 0 Å². The molecule has 0 N–H and O–H groups in total. The zero-order chi connectivity index (χ0) is 20.2. The van der Waals surface area contributed by atoms with Crippen molar-refractivity contribution in [2.45, 2.75) is 6.54 Å². The topological polar surface area (TPSA) is 97.4 Å². The fraction of sp³-hybridized carbons (Fsp3) is 0.250. The van der Waals surface area contributed by atoms with Gasteiger partial charge >= 0.3 is 0 Å². The lowest BCUT2D eigenvalue weighted by Gasteiger charge is -2.34. The van der Waals surface area contributed by atoms with Gasteiger partial charge in [0.25, 0.3) is 11.6 Å². The van der Waals surface area contributed by atoms with Crippen LogP contribution in [0.25, 0.3) is 5.69 Å². The molecule has 1 aromatic carbocycles. The van der Waals surface area contributed by atoms with E-state index < -0.39 is 4.92 Å². The van der Waals surface area contributed by atoms with Gasteiger partial charge in [0.1, 0.15) is 5.69 Å². The molecular weight excluding hydrogens is 372 g/mol. The third kappa shape index (κ3) is 4.14. The fourth-order valence-electron chi connectivity index (χ4n) is 3.46. The minimum Gasteiger partial charge on any atom is -0.336 e. The number of amides is 1. The maximum absolute atomic E-state index is 12.9. The number of nitro groups is 1. The lowest BCUT2D eigenvalue weighted by molar-refractivity contribution is -0.384. The van der Waals surface area contributed by atoms with Crippen molar-refractivity contribution in [1.82, 2.24) is 24.3 Å². The van der Waals surface area contributed by atoms with Crippen LogP contribution in [0.4, 0.5) is 5.69 Å². The number of imidazole rings is 1. The summed E-state index contributed by atoms with van der Waals surface area (Å²) in [6.45, 7) is 3.49. The Bertz CT molecular complexity index is 998. The summed E-state index contributed by atoms with van der Waals surface area (Å²) in [5, 5.41) is 11.5. The van der Waals surface area contributed by atoms with Crippen LogP contribution < -0.4 is 0 Å². The van der Waals surface area contributed by atoms with Crippen LogP contribution in [0.2, 0.25) is 0 Å². The van der Waals surface area contributed by atoms with Gasteiger partial charge in [-0.1, -0.05) is 0 Å². The smallest absolute Gasteiger partial charge is 0.294 e. The first-order chi connectivity index (χ1) is 14.1. The van der Waals surface area contributed by atoms with E-state index >= 15 is 0 Å². The molecule has 0 radical (unpaired) electrons. The van der Waals surface area contributed by atoms with Crippen LogP contribution in [0, 0.1) is 10.1 Å². The van der Waals surface area contributed by atoms with Crippen LogP contribution in [0.5, 0.6) is 0 Å². The van der Waals surface area contributed by atoms with E-state index in [1.165, 1.54) is 18.0 Å². The number of nitrogens with zero attached hydrogens (tertiary/aromatic N) is 6. The van der Waals surface area contributed by atoms with E-state index in [2.05, 4.69) is 14.9 Å². The second-order valence-corrected chi connectivity index (χ2v) is 6.85. The van der Waals surface area contributed by atoms with Gasteiger partial charge in [-0.25, -0.2) is 4.98 Å². The summed E-state index contributed by atoms with van der Waals surface area (Å²) < 4.78 is 1.56. The zero-order valence-electron chi connectivity index (χ0n) is 15.7. The number of nitro benzene ring substituents is 1. The highest BCUT2D eigenvalue weighted by atomic mass is 16.6. The summed E-state index contributed by atoms with van der Waals surface area (Å²) in [5.41, 5.74) is 1.77. The molecule has 0 atom stereocenters. The number of piperazine rings is 1. The molecule has 0 bridgehead atoms. The molecular formula is C20H20N6O3. The van der Waals surface area contributed by atoms with Gasteiger partial charge in [-0.2, -0.15) is 0 Å². The van der Waals surface area contributed by atoms with Gasteiger partial charge in [0.05, 0.1) is 11.3 Å². The van der Waals surface area contributed by atoms with E-state index in [1.54, 1.807) is 46.4 Å². The Balaban J connectivity index is 1.45. The molecule has 1 aliphatic rings. The number of carbonyl (C=O) groups is 1. The minimum atomic E-state index is -0.473. The first kappa shape index (κ1) is 18.8. The Morgan fingerprint density at radius 2 is 1.79 bits per heavy atom. The molecule has 3 aromatic rings. The molecule has 0 saturated carbocycles. The zero-order valence-corrected chi connectivity index (χ0v) is 15.7. The molecule has 0 unspecified atom stereocenters. The van der Waals surface area contributed by atoms with E-state index in [4.69, 9.17) is 0 Å². The van der Waals surface area contributed by atoms with Gasteiger partial charge in [-0.3, -0.25) is 24.8 Å². The van der Waals surface area contributed by atoms with Crippen molar-refractivity contribution in [3.8, 4) is 5.69 Å². The predicted molar refractivity (Wildman–Crippen MR) is 106 cm³/mol. The van der Waals surface area contributed by atoms with Gasteiger partial charge in [-0.15, -0.1) is 0 Å². The van der Waals surface area contributed by atoms with Crippen molar-refractivity contribution in [3.05, 3.63) is 82.7 Å². The molecule has 1 fully saturated rings. The summed E-state index contributed by atoms with van der Waals surface area (Å²) in [5.74, 6) is -0.186. The molecule has 9 nitrogen and oxygen atoms in total. The lowest BCUT2D eigenvalue weighted by atomic mass is 10.1. The Kier molecular flexibility index (Phi) is 5.30. The van der Waals surface area contributed by atoms with Gasteiger partial charge in [0, 0.05) is 69.1 Å². The van der Waals surface area contributed by atoms with Crippen molar-refractivity contribution < 1.29 is 9.72 Å². The first-order valence-corrected chi connectivity index (χ1v) is 9.29. The molecule has 29 heavy (non-hydrogen) atoms. The number of pyridine rings is 1. The minimum absolute atomic E-state index is 0.120. The fourth-order valence-corrected chi connectivity index (χ4v) is 3.46. The van der Waals surface area contributed by atoms with E-state index in [-0.39, 0.29) is 11.6 Å². The Labute approximate surface area is 167 Å². The predicted octanol–water partition coefficient (Wildman–Crippen LogP) is 2.13. The highest BCUT2D eigenvalue weighted by molar-refractivity contribution is 5.95. The van der Waals surface area contributed by atoms with Crippen molar-refractivity contribution >= 4 is 11.6 Å². The van der Waals surface area contributed by atoms with Crippen LogP contribution in [0.1, 0.15) is 15.9 Å². The summed E-state index contributed by atoms with van der Waals surface area (Å²) in [7, 11) is 0. The largest absolute Gasteiger partial charge is 0.336 e. The highest BCUT2D eigenvalue weighted by Crippen LogP contribution is 2.25. The van der Waals surface area contributed by atoms with Crippen LogP contribution in [-0.2, 0) is 6.54 Å². The second kappa shape index (κ2) is 8.19. The molecule has 1 aliphatic heterocycles. The number of hydrogen-bond acceptors (Lipinski definition) is 6.